The van der Waals surface area contributed by atoms with Gasteiger partial charge in [0, 0.05) is 10.6 Å². The van der Waals surface area contributed by atoms with Gasteiger partial charge in [0.25, 0.3) is 11.8 Å². The van der Waals surface area contributed by atoms with Gasteiger partial charge in [0.2, 0.25) is 0 Å². The summed E-state index contributed by atoms with van der Waals surface area (Å²) in [6.07, 6.45) is 1.12. The highest BCUT2D eigenvalue weighted by molar-refractivity contribution is 7.87. The van der Waals surface area contributed by atoms with Gasteiger partial charge >= 0.3 is 10.1 Å². The number of hydrogen-bond acceptors (Lipinski definition) is 6. The van der Waals surface area contributed by atoms with E-state index in [1.165, 1.54) is 24.3 Å². The van der Waals surface area contributed by atoms with Crippen molar-refractivity contribution in [1.29, 1.82) is 0 Å². The average molecular weight is 471 g/mol. The molecule has 0 spiro atoms. The summed E-state index contributed by atoms with van der Waals surface area (Å²) >= 11 is 16.9. The molecule has 2 aromatic carbocycles. The predicted octanol–water partition coefficient (Wildman–Crippen LogP) is 2.98. The second-order valence-electron chi connectivity index (χ2n) is 5.95. The number of thiocarbonyl (C=S) groups is 1. The number of rotatable bonds is 4. The number of carbonyl (C=O) groups is 2. The number of benzene rings is 2. The molecular weight excluding hydrogens is 459 g/mol. The minimum Gasteiger partial charge on any atom is -0.377 e. The molecule has 0 aromatic heterocycles. The van der Waals surface area contributed by atoms with E-state index in [1.807, 2.05) is 6.92 Å². The van der Waals surface area contributed by atoms with Crippen molar-refractivity contribution in [2.75, 3.05) is 0 Å². The topological polar surface area (TPSA) is 102 Å². The van der Waals surface area contributed by atoms with Gasteiger partial charge < -0.3 is 4.18 Å². The third-order valence-corrected chi connectivity index (χ3v) is 5.72. The lowest BCUT2D eigenvalue weighted by atomic mass is 10.1. The minimum absolute atomic E-state index is 0.0197. The van der Waals surface area contributed by atoms with Gasteiger partial charge in [-0.25, -0.2) is 0 Å². The molecule has 2 N–H and O–H groups in total. The molecular formula is C18H12Cl2N2O5S2. The van der Waals surface area contributed by atoms with E-state index in [0.717, 1.165) is 11.6 Å². The zero-order chi connectivity index (χ0) is 21.3. The van der Waals surface area contributed by atoms with Gasteiger partial charge in [-0.05, 0) is 49.5 Å². The Hall–Kier alpha value is -2.46. The van der Waals surface area contributed by atoms with Gasteiger partial charge in [-0.2, -0.15) is 8.42 Å². The number of hydrogen-bond donors (Lipinski definition) is 2. The molecule has 0 aliphatic carbocycles. The van der Waals surface area contributed by atoms with Gasteiger partial charge in [0.1, 0.15) is 10.5 Å². The van der Waals surface area contributed by atoms with Gasteiger partial charge in [-0.1, -0.05) is 40.9 Å². The molecule has 0 saturated carbocycles. The Labute approximate surface area is 181 Å². The Balaban J connectivity index is 2.07. The highest BCUT2D eigenvalue weighted by atomic mass is 35.5. The summed E-state index contributed by atoms with van der Waals surface area (Å²) in [4.78, 5) is 24.1. The molecule has 1 aliphatic heterocycles. The van der Waals surface area contributed by atoms with Crippen LogP contribution in [0.3, 0.4) is 0 Å². The number of amides is 2. The van der Waals surface area contributed by atoms with Crippen molar-refractivity contribution in [3.63, 3.8) is 0 Å². The second-order valence-corrected chi connectivity index (χ2v) is 8.75. The minimum atomic E-state index is -4.24. The molecule has 0 unspecified atom stereocenters. The molecule has 3 rings (SSSR count). The maximum absolute atomic E-state index is 12.7. The lowest BCUT2D eigenvalue weighted by Gasteiger charge is -2.17. The molecule has 1 aliphatic rings. The number of carbonyl (C=O) groups excluding carboxylic acids is 2. The summed E-state index contributed by atoms with van der Waals surface area (Å²) < 4.78 is 30.5. The zero-order valence-corrected chi connectivity index (χ0v) is 17.8. The Kier molecular flexibility index (Phi) is 5.95. The third kappa shape index (κ3) is 4.76. The zero-order valence-electron chi connectivity index (χ0n) is 14.7. The number of nitrogens with one attached hydrogen (secondary N) is 2. The van der Waals surface area contributed by atoms with Crippen molar-refractivity contribution in [3.05, 3.63) is 63.1 Å². The quantitative estimate of drug-likeness (QED) is 0.308. The van der Waals surface area contributed by atoms with Crippen LogP contribution in [0.5, 0.6) is 5.75 Å². The van der Waals surface area contributed by atoms with Gasteiger partial charge in [0.15, 0.2) is 10.9 Å². The fraction of sp³-hybridized carbons (Fsp3) is 0.0556. The molecule has 1 saturated heterocycles. The van der Waals surface area contributed by atoms with E-state index in [2.05, 4.69) is 10.6 Å². The fourth-order valence-corrected chi connectivity index (χ4v) is 4.15. The van der Waals surface area contributed by atoms with Crippen molar-refractivity contribution < 1.29 is 22.2 Å². The molecule has 2 amide bonds. The van der Waals surface area contributed by atoms with Gasteiger partial charge in [-0.15, -0.1) is 0 Å². The molecule has 150 valence electrons. The van der Waals surface area contributed by atoms with E-state index in [0.29, 0.717) is 0 Å². The molecule has 29 heavy (non-hydrogen) atoms. The predicted molar refractivity (Wildman–Crippen MR) is 112 cm³/mol. The van der Waals surface area contributed by atoms with E-state index in [-0.39, 0.29) is 36.9 Å². The maximum atomic E-state index is 12.7. The summed E-state index contributed by atoms with van der Waals surface area (Å²) in [5, 5.41) is 4.44. The van der Waals surface area contributed by atoms with Crippen LogP contribution in [0.4, 0.5) is 0 Å². The first kappa shape index (κ1) is 21.3. The summed E-state index contributed by atoms with van der Waals surface area (Å²) in [6, 6.07) is 8.59. The van der Waals surface area contributed by atoms with Crippen molar-refractivity contribution >= 4 is 68.5 Å². The first-order valence-electron chi connectivity index (χ1n) is 7.95. The maximum Gasteiger partial charge on any atom is 0.339 e. The van der Waals surface area contributed by atoms with E-state index in [9.17, 15) is 18.0 Å². The van der Waals surface area contributed by atoms with Crippen molar-refractivity contribution in [1.82, 2.24) is 10.6 Å². The molecule has 1 fully saturated rings. The molecule has 1 heterocycles. The lowest BCUT2D eigenvalue weighted by molar-refractivity contribution is -0.123. The van der Waals surface area contributed by atoms with Crippen LogP contribution in [0.15, 0.2) is 46.9 Å². The Morgan fingerprint density at radius 3 is 2.21 bits per heavy atom. The van der Waals surface area contributed by atoms with Crippen LogP contribution >= 0.6 is 35.4 Å². The van der Waals surface area contributed by atoms with Crippen molar-refractivity contribution in [2.24, 2.45) is 0 Å². The Morgan fingerprint density at radius 2 is 1.62 bits per heavy atom. The standard InChI is InChI=1S/C18H12Cl2N2O5S2/c1-9-2-4-12(5-3-9)29(25,26)27-15-10(6-11(19)8-14(15)20)7-13-16(23)21-18(28)22-17(13)24/h2-8H,1H3,(H2,21,22,23,24,28). The number of aryl methyl sites for hydroxylation is 1. The molecule has 11 heteroatoms. The van der Waals surface area contributed by atoms with Crippen LogP contribution in [0.1, 0.15) is 11.1 Å². The third-order valence-electron chi connectivity index (χ3n) is 3.78. The number of halogens is 2. The van der Waals surface area contributed by atoms with Crippen LogP contribution < -0.4 is 14.8 Å². The first-order valence-corrected chi connectivity index (χ1v) is 10.5. The Morgan fingerprint density at radius 1 is 1.03 bits per heavy atom. The highest BCUT2D eigenvalue weighted by Crippen LogP contribution is 2.36. The summed E-state index contributed by atoms with van der Waals surface area (Å²) in [6.45, 7) is 1.81. The summed E-state index contributed by atoms with van der Waals surface area (Å²) in [5.41, 5.74) is 0.562. The normalized spacial score (nSPS) is 14.3. The smallest absolute Gasteiger partial charge is 0.339 e. The monoisotopic (exact) mass is 470 g/mol. The molecule has 0 bridgehead atoms. The second kappa shape index (κ2) is 8.11. The van der Waals surface area contributed by atoms with Crippen molar-refractivity contribution in [3.8, 4) is 5.75 Å². The Bertz CT molecular complexity index is 1150. The van der Waals surface area contributed by atoms with Crippen LogP contribution in [0, 0.1) is 6.92 Å². The highest BCUT2D eigenvalue weighted by Gasteiger charge is 2.27. The van der Waals surface area contributed by atoms with Gasteiger partial charge in [-0.3, -0.25) is 20.2 Å². The van der Waals surface area contributed by atoms with E-state index < -0.39 is 21.9 Å². The van der Waals surface area contributed by atoms with Crippen LogP contribution in [-0.4, -0.2) is 25.3 Å². The molecule has 0 atom stereocenters. The lowest BCUT2D eigenvalue weighted by Crippen LogP contribution is -2.51. The van der Waals surface area contributed by atoms with E-state index >= 15 is 0 Å². The van der Waals surface area contributed by atoms with Crippen LogP contribution in [-0.2, 0) is 19.7 Å². The largest absolute Gasteiger partial charge is 0.377 e. The first-order chi connectivity index (χ1) is 13.6. The molecule has 0 radical (unpaired) electrons. The van der Waals surface area contributed by atoms with Gasteiger partial charge in [0.05, 0.1) is 5.02 Å². The SMILES string of the molecule is Cc1ccc(S(=O)(=O)Oc2c(Cl)cc(Cl)cc2C=C2C(=O)NC(=S)NC2=O)cc1. The average Bonchev–Trinajstić information content (AvgIpc) is 2.61. The van der Waals surface area contributed by atoms with Crippen LogP contribution in [0.25, 0.3) is 6.08 Å². The van der Waals surface area contributed by atoms with E-state index in [1.54, 1.807) is 12.1 Å². The van der Waals surface area contributed by atoms with E-state index in [4.69, 9.17) is 39.6 Å². The van der Waals surface area contributed by atoms with Crippen molar-refractivity contribution in [2.45, 2.75) is 11.8 Å². The molecule has 2 aromatic rings. The molecule has 7 nitrogen and oxygen atoms in total. The summed E-state index contributed by atoms with van der Waals surface area (Å²) in [5.74, 6) is -1.80. The van der Waals surface area contributed by atoms with Crippen LogP contribution in [0.2, 0.25) is 10.0 Å². The fourth-order valence-electron chi connectivity index (χ4n) is 2.40. The summed E-state index contributed by atoms with van der Waals surface area (Å²) in [7, 11) is -4.24.